The molecule has 0 unspecified atom stereocenters. The fraction of sp³-hybridized carbons (Fsp3) is 0.500. The number of hydrogen-bond acceptors (Lipinski definition) is 7. The maximum Gasteiger partial charge on any atom is 0.350 e. The van der Waals surface area contributed by atoms with Gasteiger partial charge in [0.25, 0.3) is 5.91 Å². The highest BCUT2D eigenvalue weighted by atomic mass is 35.5. The smallest absolute Gasteiger partial charge is 0.350 e. The summed E-state index contributed by atoms with van der Waals surface area (Å²) in [6.07, 6.45) is 0. The summed E-state index contributed by atoms with van der Waals surface area (Å²) in [6, 6.07) is 0.0685. The molecule has 1 aliphatic heterocycles. The number of rotatable bonds is 6. The van der Waals surface area contributed by atoms with E-state index in [0.717, 1.165) is 0 Å². The van der Waals surface area contributed by atoms with Gasteiger partial charge in [0.2, 0.25) is 0 Å². The molecule has 2 aromatic heterocycles. The Morgan fingerprint density at radius 1 is 1.34 bits per heavy atom. The highest BCUT2D eigenvalue weighted by Gasteiger charge is 2.57. The van der Waals surface area contributed by atoms with Crippen molar-refractivity contribution in [2.24, 2.45) is 11.8 Å². The van der Waals surface area contributed by atoms with Crippen molar-refractivity contribution in [2.45, 2.75) is 26.5 Å². The van der Waals surface area contributed by atoms with Gasteiger partial charge in [-0.1, -0.05) is 34.5 Å². The Labute approximate surface area is 181 Å². The van der Waals surface area contributed by atoms with Crippen LogP contribution in [0.4, 0.5) is 5.13 Å². The second-order valence-corrected chi connectivity index (χ2v) is 8.87. The zero-order chi connectivity index (χ0) is 20.9. The minimum atomic E-state index is -0.466. The molecule has 4 rings (SSSR count). The molecule has 3 heterocycles. The predicted molar refractivity (Wildman–Crippen MR) is 110 cm³/mol. The Morgan fingerprint density at radius 2 is 2.03 bits per heavy atom. The van der Waals surface area contributed by atoms with Gasteiger partial charge >= 0.3 is 5.97 Å². The number of aromatic nitrogens is 2. The first kappa shape index (κ1) is 20.5. The number of aliphatic hydroxyl groups excluding tert-OH is 1. The monoisotopic (exact) mass is 458 g/mol. The molecule has 2 aromatic rings. The molecular formula is C18H20Cl2N4O4S. The number of thiazole rings is 1. The van der Waals surface area contributed by atoms with E-state index in [-0.39, 0.29) is 35.9 Å². The lowest BCUT2D eigenvalue weighted by Gasteiger charge is -2.19. The lowest BCUT2D eigenvalue weighted by Crippen LogP contribution is -2.34. The molecule has 156 valence electrons. The summed E-state index contributed by atoms with van der Waals surface area (Å²) in [5.74, 6) is -0.127. The minimum Gasteiger partial charge on any atom is -0.462 e. The molecule has 0 aromatic carbocycles. The molecule has 2 aliphatic rings. The Hall–Kier alpha value is -1.81. The molecule has 1 saturated carbocycles. The summed E-state index contributed by atoms with van der Waals surface area (Å²) < 4.78 is 5.03. The van der Waals surface area contributed by atoms with Gasteiger partial charge in [-0.15, -0.1) is 0 Å². The number of hydrogen-bond donors (Lipinski definition) is 3. The van der Waals surface area contributed by atoms with Gasteiger partial charge in [-0.3, -0.25) is 4.79 Å². The second kappa shape index (κ2) is 7.79. The lowest BCUT2D eigenvalue weighted by molar-refractivity contribution is 0.0528. The molecule has 0 bridgehead atoms. The summed E-state index contributed by atoms with van der Waals surface area (Å²) >= 11 is 13.4. The van der Waals surface area contributed by atoms with Crippen molar-refractivity contribution in [3.8, 4) is 0 Å². The summed E-state index contributed by atoms with van der Waals surface area (Å²) in [5, 5.41) is 13.8. The maximum atomic E-state index is 12.5. The maximum absolute atomic E-state index is 12.5. The van der Waals surface area contributed by atoms with Crippen LogP contribution in [0.5, 0.6) is 0 Å². The van der Waals surface area contributed by atoms with E-state index in [9.17, 15) is 14.7 Å². The number of halogens is 2. The van der Waals surface area contributed by atoms with Crippen LogP contribution < -0.4 is 10.2 Å². The van der Waals surface area contributed by atoms with Crippen LogP contribution in [0.2, 0.25) is 10.0 Å². The van der Waals surface area contributed by atoms with Crippen LogP contribution in [0.15, 0.2) is 0 Å². The van der Waals surface area contributed by atoms with E-state index in [1.807, 2.05) is 0 Å². The number of aromatic amines is 1. The molecule has 29 heavy (non-hydrogen) atoms. The number of nitrogens with one attached hydrogen (secondary N) is 2. The van der Waals surface area contributed by atoms with Crippen LogP contribution in [0.25, 0.3) is 0 Å². The van der Waals surface area contributed by atoms with Crippen LogP contribution in [-0.2, 0) is 11.3 Å². The molecule has 1 saturated heterocycles. The van der Waals surface area contributed by atoms with Gasteiger partial charge in [0, 0.05) is 36.7 Å². The number of amides is 1. The first-order chi connectivity index (χ1) is 13.8. The molecule has 11 heteroatoms. The Balaban J connectivity index is 1.38. The summed E-state index contributed by atoms with van der Waals surface area (Å²) in [5.41, 5.74) is 1.27. The standard InChI is InChI=1S/C18H20Cl2N4O4S/c1-3-28-17(27)15-10(6-25)22-18(29-15)24-4-8-9(5-24)13(8)23-16(26)14-12(20)11(19)7(2)21-14/h8-9,13,21,25H,3-6H2,1-2H3,(H,23,26)/t8-,9+,13-. The summed E-state index contributed by atoms with van der Waals surface area (Å²) in [7, 11) is 0. The molecule has 1 amide bonds. The third kappa shape index (κ3) is 3.61. The van der Waals surface area contributed by atoms with Gasteiger partial charge in [-0.05, 0) is 13.8 Å². The number of esters is 1. The van der Waals surface area contributed by atoms with Crippen molar-refractivity contribution < 1.29 is 19.4 Å². The van der Waals surface area contributed by atoms with Crippen LogP contribution >= 0.6 is 34.5 Å². The highest BCUT2D eigenvalue weighted by Crippen LogP contribution is 2.48. The van der Waals surface area contributed by atoms with Crippen molar-refractivity contribution in [3.05, 3.63) is 32.0 Å². The molecule has 0 spiro atoms. The normalized spacial score (nSPS) is 22.5. The first-order valence-electron chi connectivity index (χ1n) is 9.22. The topological polar surface area (TPSA) is 108 Å². The van der Waals surface area contributed by atoms with Crippen LogP contribution in [-0.4, -0.2) is 52.7 Å². The predicted octanol–water partition coefficient (Wildman–Crippen LogP) is 2.62. The SMILES string of the molecule is CCOC(=O)c1sc(N2C[C@@H]3[C@H](C2)[C@@H]3NC(=O)c2[nH]c(C)c(Cl)c2Cl)nc1CO. The zero-order valence-electron chi connectivity index (χ0n) is 15.8. The molecule has 3 N–H and O–H groups in total. The Bertz CT molecular complexity index is 963. The van der Waals surface area contributed by atoms with E-state index in [4.69, 9.17) is 27.9 Å². The number of anilines is 1. The number of nitrogens with zero attached hydrogens (tertiary/aromatic N) is 2. The van der Waals surface area contributed by atoms with Crippen LogP contribution in [0.3, 0.4) is 0 Å². The van der Waals surface area contributed by atoms with E-state index in [1.165, 1.54) is 11.3 Å². The lowest BCUT2D eigenvalue weighted by atomic mass is 10.3. The van der Waals surface area contributed by atoms with Crippen molar-refractivity contribution in [1.29, 1.82) is 0 Å². The fourth-order valence-electron chi connectivity index (χ4n) is 3.79. The molecule has 3 atom stereocenters. The zero-order valence-corrected chi connectivity index (χ0v) is 18.1. The summed E-state index contributed by atoms with van der Waals surface area (Å²) in [6.45, 7) is 4.87. The molecular weight excluding hydrogens is 439 g/mol. The first-order valence-corrected chi connectivity index (χ1v) is 10.8. The van der Waals surface area contributed by atoms with Gasteiger partial charge in [0.05, 0.1) is 29.0 Å². The van der Waals surface area contributed by atoms with E-state index in [1.54, 1.807) is 13.8 Å². The fourth-order valence-corrected chi connectivity index (χ4v) is 5.19. The number of carbonyl (C=O) groups is 2. The van der Waals surface area contributed by atoms with Crippen molar-refractivity contribution >= 4 is 51.5 Å². The third-order valence-corrected chi connectivity index (χ3v) is 7.43. The Morgan fingerprint density at radius 3 is 2.59 bits per heavy atom. The molecule has 0 radical (unpaired) electrons. The van der Waals surface area contributed by atoms with E-state index in [2.05, 4.69) is 20.2 Å². The second-order valence-electron chi connectivity index (χ2n) is 7.14. The average Bonchev–Trinajstić information content (AvgIpc) is 3.08. The summed E-state index contributed by atoms with van der Waals surface area (Å²) in [4.78, 5) is 34.3. The number of piperidine rings is 1. The number of aryl methyl sites for hydroxylation is 1. The van der Waals surface area contributed by atoms with Crippen LogP contribution in [0.1, 0.15) is 38.5 Å². The Kier molecular flexibility index (Phi) is 5.50. The van der Waals surface area contributed by atoms with Crippen molar-refractivity contribution in [1.82, 2.24) is 15.3 Å². The number of aliphatic hydroxyl groups is 1. The van der Waals surface area contributed by atoms with Gasteiger partial charge in [-0.25, -0.2) is 9.78 Å². The van der Waals surface area contributed by atoms with Crippen molar-refractivity contribution in [3.63, 3.8) is 0 Å². The van der Waals surface area contributed by atoms with Crippen molar-refractivity contribution in [2.75, 3.05) is 24.6 Å². The molecule has 2 fully saturated rings. The van der Waals surface area contributed by atoms with E-state index < -0.39 is 5.97 Å². The van der Waals surface area contributed by atoms with Gasteiger partial charge < -0.3 is 25.0 Å². The van der Waals surface area contributed by atoms with Gasteiger partial charge in [0.1, 0.15) is 10.6 Å². The quantitative estimate of drug-likeness (QED) is 0.574. The average molecular weight is 459 g/mol. The van der Waals surface area contributed by atoms with E-state index in [0.29, 0.717) is 51.3 Å². The third-order valence-electron chi connectivity index (χ3n) is 5.34. The minimum absolute atomic E-state index is 0.0685. The number of H-pyrrole nitrogens is 1. The number of carbonyl (C=O) groups excluding carboxylic acids is 2. The molecule has 8 nitrogen and oxygen atoms in total. The van der Waals surface area contributed by atoms with E-state index >= 15 is 0 Å². The molecule has 1 aliphatic carbocycles. The number of ether oxygens (including phenoxy) is 1. The highest BCUT2D eigenvalue weighted by molar-refractivity contribution is 7.17. The van der Waals surface area contributed by atoms with Crippen LogP contribution in [0, 0.1) is 18.8 Å². The number of fused-ring (bicyclic) bond motifs is 1. The largest absolute Gasteiger partial charge is 0.462 e. The van der Waals surface area contributed by atoms with Gasteiger partial charge in [-0.2, -0.15) is 0 Å². The van der Waals surface area contributed by atoms with Gasteiger partial charge in [0.15, 0.2) is 5.13 Å².